The van der Waals surface area contributed by atoms with Gasteiger partial charge in [-0.3, -0.25) is 0 Å². The second kappa shape index (κ2) is 7.45. The van der Waals surface area contributed by atoms with Crippen molar-refractivity contribution in [1.29, 1.82) is 0 Å². The molecule has 0 aliphatic carbocycles. The molecule has 0 radical (unpaired) electrons. The molecule has 0 unspecified atom stereocenters. The third-order valence-corrected chi connectivity index (χ3v) is 4.01. The smallest absolute Gasteiger partial charge is 0.211 e. The first-order chi connectivity index (χ1) is 8.49. The van der Waals surface area contributed by atoms with Gasteiger partial charge in [0, 0.05) is 6.54 Å². The molecule has 0 bridgehead atoms. The number of aryl methyl sites for hydroxylation is 1. The van der Waals surface area contributed by atoms with Crippen LogP contribution in [0, 0.1) is 0 Å². The molecule has 3 N–H and O–H groups in total. The quantitative estimate of drug-likeness (QED) is 0.557. The molecule has 1 rings (SSSR count). The van der Waals surface area contributed by atoms with Crippen LogP contribution in [-0.4, -0.2) is 25.7 Å². The molecule has 100 valence electrons. The SMILES string of the molecule is NC(=S)CCCNS(=O)(=O)CCc1ccccc1. The summed E-state index contributed by atoms with van der Waals surface area (Å²) in [5.41, 5.74) is 6.35. The van der Waals surface area contributed by atoms with Gasteiger partial charge >= 0.3 is 0 Å². The van der Waals surface area contributed by atoms with E-state index in [0.29, 0.717) is 30.8 Å². The van der Waals surface area contributed by atoms with Crippen LogP contribution in [0.15, 0.2) is 30.3 Å². The first-order valence-electron chi connectivity index (χ1n) is 5.79. The number of nitrogens with one attached hydrogen (secondary N) is 1. The molecule has 0 amide bonds. The molecule has 0 fully saturated rings. The van der Waals surface area contributed by atoms with Gasteiger partial charge in [0.05, 0.1) is 10.7 Å². The Morgan fingerprint density at radius 1 is 1.28 bits per heavy atom. The maximum atomic E-state index is 11.7. The Morgan fingerprint density at radius 2 is 1.94 bits per heavy atom. The number of nitrogens with two attached hydrogens (primary N) is 1. The molecule has 1 aromatic rings. The molecule has 0 saturated carbocycles. The van der Waals surface area contributed by atoms with E-state index in [9.17, 15) is 8.42 Å². The van der Waals surface area contributed by atoms with Gasteiger partial charge in [0.1, 0.15) is 0 Å². The topological polar surface area (TPSA) is 72.2 Å². The van der Waals surface area contributed by atoms with Crippen molar-refractivity contribution in [3.05, 3.63) is 35.9 Å². The van der Waals surface area contributed by atoms with Crippen molar-refractivity contribution in [2.24, 2.45) is 5.73 Å². The van der Waals surface area contributed by atoms with Crippen molar-refractivity contribution < 1.29 is 8.42 Å². The zero-order valence-electron chi connectivity index (χ0n) is 10.1. The highest BCUT2D eigenvalue weighted by Crippen LogP contribution is 2.01. The Morgan fingerprint density at radius 3 is 2.56 bits per heavy atom. The van der Waals surface area contributed by atoms with Gasteiger partial charge in [-0.15, -0.1) is 0 Å². The molecule has 6 heteroatoms. The Balaban J connectivity index is 2.30. The Hall–Kier alpha value is -0.980. The monoisotopic (exact) mass is 286 g/mol. The highest BCUT2D eigenvalue weighted by atomic mass is 32.2. The Labute approximate surface area is 114 Å². The molecule has 0 aromatic heterocycles. The summed E-state index contributed by atoms with van der Waals surface area (Å²) in [4.78, 5) is 0.415. The van der Waals surface area contributed by atoms with Crippen LogP contribution in [0.25, 0.3) is 0 Å². The second-order valence-corrected chi connectivity index (χ2v) is 6.47. The largest absolute Gasteiger partial charge is 0.393 e. The lowest BCUT2D eigenvalue weighted by molar-refractivity contribution is 0.579. The average Bonchev–Trinajstić information content (AvgIpc) is 2.34. The lowest BCUT2D eigenvalue weighted by Crippen LogP contribution is -2.28. The van der Waals surface area contributed by atoms with Gasteiger partial charge in [-0.1, -0.05) is 42.5 Å². The molecule has 0 aliphatic rings. The summed E-state index contributed by atoms with van der Waals surface area (Å²) in [6.07, 6.45) is 1.72. The van der Waals surface area contributed by atoms with Crippen LogP contribution in [0.3, 0.4) is 0 Å². The average molecular weight is 286 g/mol. The van der Waals surface area contributed by atoms with E-state index in [0.717, 1.165) is 5.56 Å². The zero-order chi connectivity index (χ0) is 13.4. The third kappa shape index (κ3) is 6.68. The predicted molar refractivity (Wildman–Crippen MR) is 78.0 cm³/mol. The Bertz CT molecular complexity index is 472. The number of thiocarbonyl (C=S) groups is 1. The highest BCUT2D eigenvalue weighted by Gasteiger charge is 2.09. The lowest BCUT2D eigenvalue weighted by Gasteiger charge is -2.06. The minimum absolute atomic E-state index is 0.101. The summed E-state index contributed by atoms with van der Waals surface area (Å²) in [6.45, 7) is 0.383. The number of sulfonamides is 1. The molecule has 0 heterocycles. The van der Waals surface area contributed by atoms with E-state index in [1.54, 1.807) is 0 Å². The zero-order valence-corrected chi connectivity index (χ0v) is 11.8. The molecule has 18 heavy (non-hydrogen) atoms. The fraction of sp³-hybridized carbons (Fsp3) is 0.417. The van der Waals surface area contributed by atoms with E-state index in [-0.39, 0.29) is 5.75 Å². The van der Waals surface area contributed by atoms with Crippen LogP contribution >= 0.6 is 12.2 Å². The van der Waals surface area contributed by atoms with Crippen LogP contribution in [-0.2, 0) is 16.4 Å². The molecular formula is C12H18N2O2S2. The van der Waals surface area contributed by atoms with Crippen molar-refractivity contribution in [1.82, 2.24) is 4.72 Å². The van der Waals surface area contributed by atoms with Crippen LogP contribution in [0.5, 0.6) is 0 Å². The van der Waals surface area contributed by atoms with E-state index in [1.807, 2.05) is 30.3 Å². The minimum Gasteiger partial charge on any atom is -0.393 e. The van der Waals surface area contributed by atoms with Crippen molar-refractivity contribution in [3.63, 3.8) is 0 Å². The maximum absolute atomic E-state index is 11.7. The first-order valence-corrected chi connectivity index (χ1v) is 7.85. The van der Waals surface area contributed by atoms with E-state index >= 15 is 0 Å². The van der Waals surface area contributed by atoms with Gasteiger partial charge in [-0.2, -0.15) is 0 Å². The Kier molecular flexibility index (Phi) is 6.24. The number of hydrogen-bond donors (Lipinski definition) is 2. The highest BCUT2D eigenvalue weighted by molar-refractivity contribution is 7.89. The summed E-state index contributed by atoms with van der Waals surface area (Å²) < 4.78 is 25.9. The molecular weight excluding hydrogens is 268 g/mol. The maximum Gasteiger partial charge on any atom is 0.211 e. The van der Waals surface area contributed by atoms with Crippen LogP contribution in [0.4, 0.5) is 0 Å². The molecule has 0 saturated heterocycles. The standard InChI is InChI=1S/C12H18N2O2S2/c13-12(17)7-4-9-14-18(15,16)10-8-11-5-2-1-3-6-11/h1-3,5-6,14H,4,7-10H2,(H2,13,17). The number of benzene rings is 1. The summed E-state index contributed by atoms with van der Waals surface area (Å²) in [5, 5.41) is 0. The summed E-state index contributed by atoms with van der Waals surface area (Å²) in [6, 6.07) is 9.55. The van der Waals surface area contributed by atoms with E-state index in [4.69, 9.17) is 18.0 Å². The number of rotatable bonds is 8. The van der Waals surface area contributed by atoms with Crippen molar-refractivity contribution in [2.45, 2.75) is 19.3 Å². The van der Waals surface area contributed by atoms with Crippen LogP contribution in [0.2, 0.25) is 0 Å². The van der Waals surface area contributed by atoms with E-state index in [1.165, 1.54) is 0 Å². The summed E-state index contributed by atoms with van der Waals surface area (Å²) in [7, 11) is -3.21. The first kappa shape index (κ1) is 15.1. The normalized spacial score (nSPS) is 11.3. The predicted octanol–water partition coefficient (Wildman–Crippen LogP) is 1.21. The van der Waals surface area contributed by atoms with Gasteiger partial charge in [0.2, 0.25) is 10.0 Å². The minimum atomic E-state index is -3.21. The summed E-state index contributed by atoms with van der Waals surface area (Å²) in [5.74, 6) is 0.101. The van der Waals surface area contributed by atoms with Crippen LogP contribution < -0.4 is 10.5 Å². The van der Waals surface area contributed by atoms with Gasteiger partial charge in [-0.25, -0.2) is 13.1 Å². The molecule has 0 atom stereocenters. The second-order valence-electron chi connectivity index (χ2n) is 4.02. The molecule has 4 nitrogen and oxygen atoms in total. The fourth-order valence-corrected chi connectivity index (χ4v) is 2.71. The van der Waals surface area contributed by atoms with E-state index in [2.05, 4.69) is 4.72 Å². The van der Waals surface area contributed by atoms with Crippen molar-refractivity contribution in [3.8, 4) is 0 Å². The van der Waals surface area contributed by atoms with Crippen molar-refractivity contribution in [2.75, 3.05) is 12.3 Å². The number of hydrogen-bond acceptors (Lipinski definition) is 3. The molecule has 0 spiro atoms. The van der Waals surface area contributed by atoms with Gasteiger partial charge in [0.15, 0.2) is 0 Å². The summed E-state index contributed by atoms with van der Waals surface area (Å²) >= 11 is 4.72. The third-order valence-electron chi connectivity index (χ3n) is 2.42. The van der Waals surface area contributed by atoms with E-state index < -0.39 is 10.0 Å². The molecule has 1 aromatic carbocycles. The fourth-order valence-electron chi connectivity index (χ4n) is 1.46. The van der Waals surface area contributed by atoms with Gasteiger partial charge in [-0.05, 0) is 24.8 Å². The van der Waals surface area contributed by atoms with Gasteiger partial charge in [0.25, 0.3) is 0 Å². The van der Waals surface area contributed by atoms with Crippen molar-refractivity contribution >= 4 is 27.2 Å². The van der Waals surface area contributed by atoms with Gasteiger partial charge < -0.3 is 5.73 Å². The molecule has 0 aliphatic heterocycles. The van der Waals surface area contributed by atoms with Crippen LogP contribution in [0.1, 0.15) is 18.4 Å². The lowest BCUT2D eigenvalue weighted by atomic mass is 10.2.